The highest BCUT2D eigenvalue weighted by molar-refractivity contribution is 6.01. The molecule has 8 heteroatoms. The van der Waals surface area contributed by atoms with Crippen LogP contribution in [0, 0.1) is 0 Å². The monoisotopic (exact) mass is 288 g/mol. The molecule has 0 saturated carbocycles. The van der Waals surface area contributed by atoms with Gasteiger partial charge in [-0.2, -0.15) is 0 Å². The van der Waals surface area contributed by atoms with E-state index in [2.05, 4.69) is 21.2 Å². The molecule has 0 aliphatic carbocycles. The van der Waals surface area contributed by atoms with Crippen LogP contribution in [0.25, 0.3) is 0 Å². The molecule has 20 heavy (non-hydrogen) atoms. The second-order valence-electron chi connectivity index (χ2n) is 5.94. The maximum Gasteiger partial charge on any atom is 0.414 e. The number of hydrazone groups is 1. The third-order valence-corrected chi connectivity index (χ3v) is 1.46. The molecule has 0 aromatic rings. The fourth-order valence-electron chi connectivity index (χ4n) is 1.000. The maximum absolute atomic E-state index is 11.6. The highest BCUT2D eigenvalue weighted by atomic mass is 16.6. The van der Waals surface area contributed by atoms with Crippen LogP contribution in [0.3, 0.4) is 0 Å². The normalized spacial score (nSPS) is 11.2. The minimum absolute atomic E-state index is 0.115. The molecule has 3 N–H and O–H groups in total. The molecule has 0 atom stereocenters. The van der Waals surface area contributed by atoms with E-state index in [-0.39, 0.29) is 5.96 Å². The standard InChI is InChI=1S/C12H24N4O4/c1-11(2,3)19-9(17)14-8(16-13-7)15-10(18)20-12(4,5)6/h13H,1-7H3,(H2,14,15,16,17,18). The highest BCUT2D eigenvalue weighted by Crippen LogP contribution is 2.07. The van der Waals surface area contributed by atoms with Gasteiger partial charge in [0, 0.05) is 7.05 Å². The summed E-state index contributed by atoms with van der Waals surface area (Å²) in [6, 6.07) is 0. The molecule has 116 valence electrons. The number of hydrogen-bond donors (Lipinski definition) is 3. The van der Waals surface area contributed by atoms with Crippen LogP contribution in [0.1, 0.15) is 41.5 Å². The largest absolute Gasteiger partial charge is 0.444 e. The number of ether oxygens (including phenoxy) is 2. The molecule has 0 rings (SSSR count). The Morgan fingerprint density at radius 2 is 1.20 bits per heavy atom. The molecule has 0 heterocycles. The van der Waals surface area contributed by atoms with E-state index in [1.807, 2.05) is 0 Å². The molecule has 0 bridgehead atoms. The van der Waals surface area contributed by atoms with E-state index in [1.165, 1.54) is 7.05 Å². The molecular weight excluding hydrogens is 264 g/mol. The van der Waals surface area contributed by atoms with Gasteiger partial charge >= 0.3 is 12.2 Å². The Balaban J connectivity index is 4.57. The van der Waals surface area contributed by atoms with E-state index < -0.39 is 23.4 Å². The lowest BCUT2D eigenvalue weighted by molar-refractivity contribution is 0.0545. The van der Waals surface area contributed by atoms with Crippen LogP contribution in [0.15, 0.2) is 5.10 Å². The Kier molecular flexibility index (Phi) is 6.28. The second-order valence-corrected chi connectivity index (χ2v) is 5.94. The van der Waals surface area contributed by atoms with Crippen LogP contribution in [0.4, 0.5) is 9.59 Å². The number of rotatable bonds is 1. The van der Waals surface area contributed by atoms with Crippen LogP contribution >= 0.6 is 0 Å². The number of carbonyl (C=O) groups excluding carboxylic acids is 2. The van der Waals surface area contributed by atoms with Gasteiger partial charge in [0.25, 0.3) is 0 Å². The first-order chi connectivity index (χ1) is 8.93. The van der Waals surface area contributed by atoms with Crippen molar-refractivity contribution in [1.29, 1.82) is 0 Å². The third-order valence-electron chi connectivity index (χ3n) is 1.46. The Hall–Kier alpha value is -1.99. The lowest BCUT2D eigenvalue weighted by atomic mass is 10.2. The molecule has 0 fully saturated rings. The Bertz CT molecular complexity index is 348. The fourth-order valence-corrected chi connectivity index (χ4v) is 1.000. The second kappa shape index (κ2) is 6.97. The van der Waals surface area contributed by atoms with Crippen molar-refractivity contribution in [2.24, 2.45) is 5.10 Å². The molecule has 0 aliphatic rings. The number of alkyl carbamates (subject to hydrolysis) is 2. The first-order valence-corrected chi connectivity index (χ1v) is 6.17. The van der Waals surface area contributed by atoms with Gasteiger partial charge in [0.15, 0.2) is 0 Å². The van der Waals surface area contributed by atoms with Crippen molar-refractivity contribution in [3.8, 4) is 0 Å². The quantitative estimate of drug-likeness (QED) is 0.386. The molecule has 0 aromatic heterocycles. The predicted octanol–water partition coefficient (Wildman–Crippen LogP) is 1.53. The summed E-state index contributed by atoms with van der Waals surface area (Å²) < 4.78 is 10.1. The SMILES string of the molecule is CNN=C(NC(=O)OC(C)(C)C)NC(=O)OC(C)(C)C. The van der Waals surface area contributed by atoms with Gasteiger partial charge in [-0.3, -0.25) is 10.6 Å². The van der Waals surface area contributed by atoms with Gasteiger partial charge in [0.2, 0.25) is 5.96 Å². The summed E-state index contributed by atoms with van der Waals surface area (Å²) in [5, 5.41) is 8.32. The lowest BCUT2D eigenvalue weighted by Crippen LogP contribution is -2.47. The van der Waals surface area contributed by atoms with E-state index in [0.717, 1.165) is 0 Å². The minimum atomic E-state index is -0.734. The molecule has 0 aliphatic heterocycles. The van der Waals surface area contributed by atoms with Gasteiger partial charge in [-0.1, -0.05) is 0 Å². The van der Waals surface area contributed by atoms with Gasteiger partial charge < -0.3 is 14.9 Å². The van der Waals surface area contributed by atoms with E-state index in [0.29, 0.717) is 0 Å². The summed E-state index contributed by atoms with van der Waals surface area (Å²) in [4.78, 5) is 23.2. The van der Waals surface area contributed by atoms with E-state index in [4.69, 9.17) is 9.47 Å². The molecule has 0 unspecified atom stereocenters. The minimum Gasteiger partial charge on any atom is -0.444 e. The highest BCUT2D eigenvalue weighted by Gasteiger charge is 2.21. The maximum atomic E-state index is 11.6. The van der Waals surface area contributed by atoms with Crippen molar-refractivity contribution in [3.63, 3.8) is 0 Å². The lowest BCUT2D eigenvalue weighted by Gasteiger charge is -2.21. The summed E-state index contributed by atoms with van der Waals surface area (Å²) in [5.41, 5.74) is 1.15. The summed E-state index contributed by atoms with van der Waals surface area (Å²) >= 11 is 0. The first kappa shape index (κ1) is 18.0. The van der Waals surface area contributed by atoms with Crippen LogP contribution in [-0.4, -0.2) is 36.4 Å². The van der Waals surface area contributed by atoms with Crippen molar-refractivity contribution in [2.45, 2.75) is 52.7 Å². The molecular formula is C12H24N4O4. The number of guanidine groups is 1. The van der Waals surface area contributed by atoms with Crippen molar-refractivity contribution in [3.05, 3.63) is 0 Å². The average Bonchev–Trinajstić information content (AvgIpc) is 2.10. The molecule has 2 amide bonds. The topological polar surface area (TPSA) is 101 Å². The molecule has 8 nitrogen and oxygen atoms in total. The van der Waals surface area contributed by atoms with Gasteiger partial charge in [-0.05, 0) is 41.5 Å². The fraction of sp³-hybridized carbons (Fsp3) is 0.750. The Morgan fingerprint density at radius 3 is 1.45 bits per heavy atom. The van der Waals surface area contributed by atoms with Crippen molar-refractivity contribution in [1.82, 2.24) is 16.1 Å². The Labute approximate surface area is 119 Å². The molecule has 0 spiro atoms. The number of nitrogens with zero attached hydrogens (tertiary/aromatic N) is 1. The predicted molar refractivity (Wildman–Crippen MR) is 75.2 cm³/mol. The molecule has 0 aromatic carbocycles. The first-order valence-electron chi connectivity index (χ1n) is 6.17. The number of amides is 2. The van der Waals surface area contributed by atoms with Gasteiger partial charge in [0.05, 0.1) is 0 Å². The van der Waals surface area contributed by atoms with Crippen molar-refractivity contribution < 1.29 is 19.1 Å². The van der Waals surface area contributed by atoms with Crippen LogP contribution in [-0.2, 0) is 9.47 Å². The Morgan fingerprint density at radius 1 is 0.850 bits per heavy atom. The zero-order valence-corrected chi connectivity index (χ0v) is 13.1. The van der Waals surface area contributed by atoms with Gasteiger partial charge in [-0.15, -0.1) is 5.10 Å². The summed E-state index contributed by atoms with van der Waals surface area (Å²) in [6.45, 7) is 10.3. The van der Waals surface area contributed by atoms with Crippen LogP contribution < -0.4 is 16.1 Å². The number of nitrogens with one attached hydrogen (secondary N) is 3. The smallest absolute Gasteiger partial charge is 0.414 e. The zero-order valence-electron chi connectivity index (χ0n) is 13.1. The zero-order chi connectivity index (χ0) is 16.0. The number of carbonyl (C=O) groups is 2. The van der Waals surface area contributed by atoms with E-state index >= 15 is 0 Å². The van der Waals surface area contributed by atoms with Crippen molar-refractivity contribution in [2.75, 3.05) is 7.05 Å². The number of hydrogen-bond acceptors (Lipinski definition) is 6. The summed E-state index contributed by atoms with van der Waals surface area (Å²) in [6.07, 6.45) is -1.47. The van der Waals surface area contributed by atoms with E-state index in [1.54, 1.807) is 41.5 Å². The molecule has 0 saturated heterocycles. The molecule has 0 radical (unpaired) electrons. The van der Waals surface area contributed by atoms with Gasteiger partial charge in [-0.25, -0.2) is 9.59 Å². The average molecular weight is 288 g/mol. The van der Waals surface area contributed by atoms with Crippen molar-refractivity contribution >= 4 is 18.1 Å². The van der Waals surface area contributed by atoms with E-state index in [9.17, 15) is 9.59 Å². The third kappa shape index (κ3) is 9.98. The van der Waals surface area contributed by atoms with Crippen LogP contribution in [0.2, 0.25) is 0 Å². The van der Waals surface area contributed by atoms with Gasteiger partial charge in [0.1, 0.15) is 11.2 Å². The summed E-state index contributed by atoms with van der Waals surface area (Å²) in [5.74, 6) is -0.115. The summed E-state index contributed by atoms with van der Waals surface area (Å²) in [7, 11) is 1.52. The van der Waals surface area contributed by atoms with Crippen LogP contribution in [0.5, 0.6) is 0 Å².